The minimum absolute atomic E-state index is 0.117. The average Bonchev–Trinajstić information content (AvgIpc) is 2.39. The lowest BCUT2D eigenvalue weighted by molar-refractivity contribution is -0.136. The number of hydrogen-bond donors (Lipinski definition) is 1. The third-order valence-electron chi connectivity index (χ3n) is 3.06. The molecule has 0 spiro atoms. The summed E-state index contributed by atoms with van der Waals surface area (Å²) in [6.07, 6.45) is 2.18. The Morgan fingerprint density at radius 2 is 2.18 bits per heavy atom. The molecule has 1 heterocycles. The third-order valence-corrected chi connectivity index (χ3v) is 3.06. The molecular formula is C12H21N3O2. The molecule has 5 nitrogen and oxygen atoms in total. The zero-order valence-corrected chi connectivity index (χ0v) is 10.4. The molecule has 0 aliphatic carbocycles. The van der Waals surface area contributed by atoms with Crippen LogP contribution in [-0.2, 0) is 9.53 Å². The van der Waals surface area contributed by atoms with Crippen molar-refractivity contribution >= 4 is 5.91 Å². The van der Waals surface area contributed by atoms with Gasteiger partial charge in [0, 0.05) is 26.1 Å². The Balaban J connectivity index is 2.47. The highest BCUT2D eigenvalue weighted by molar-refractivity contribution is 5.79. The van der Waals surface area contributed by atoms with Crippen LogP contribution in [0.1, 0.15) is 19.3 Å². The van der Waals surface area contributed by atoms with Gasteiger partial charge in [0.15, 0.2) is 0 Å². The van der Waals surface area contributed by atoms with Crippen LogP contribution in [-0.4, -0.2) is 50.7 Å². The molecule has 0 unspecified atom stereocenters. The second-order valence-corrected chi connectivity index (χ2v) is 4.25. The van der Waals surface area contributed by atoms with Gasteiger partial charge in [0.25, 0.3) is 0 Å². The highest BCUT2D eigenvalue weighted by Gasteiger charge is 2.25. The van der Waals surface area contributed by atoms with Crippen LogP contribution in [0, 0.1) is 17.2 Å². The lowest BCUT2D eigenvalue weighted by atomic mass is 9.96. The van der Waals surface area contributed by atoms with E-state index in [0.29, 0.717) is 26.1 Å². The molecule has 1 rings (SSSR count). The Morgan fingerprint density at radius 3 is 2.76 bits per heavy atom. The molecule has 0 radical (unpaired) electrons. The number of nitriles is 1. The molecule has 1 aliphatic rings. The smallest absolute Gasteiger partial charge is 0.225 e. The summed E-state index contributed by atoms with van der Waals surface area (Å²) in [6.45, 7) is 3.45. The standard InChI is InChI=1S/C12H21N3O2/c1-17-10-9-15(8-2-5-13)12(16)11-3-6-14-7-4-11/h11,14H,2-4,6-10H2,1H3. The minimum Gasteiger partial charge on any atom is -0.383 e. The van der Waals surface area contributed by atoms with E-state index in [1.807, 2.05) is 0 Å². The Bertz CT molecular complexity index is 269. The molecule has 1 N–H and O–H groups in total. The van der Waals surface area contributed by atoms with Gasteiger partial charge in [-0.15, -0.1) is 0 Å². The summed E-state index contributed by atoms with van der Waals surface area (Å²) in [5.74, 6) is 0.297. The normalized spacial score (nSPS) is 16.5. The molecule has 0 atom stereocenters. The van der Waals surface area contributed by atoms with Gasteiger partial charge >= 0.3 is 0 Å². The molecule has 96 valence electrons. The zero-order chi connectivity index (χ0) is 12.5. The quantitative estimate of drug-likeness (QED) is 0.727. The number of nitrogens with zero attached hydrogens (tertiary/aromatic N) is 2. The molecular weight excluding hydrogens is 218 g/mol. The van der Waals surface area contributed by atoms with E-state index >= 15 is 0 Å². The number of carbonyl (C=O) groups excluding carboxylic acids is 1. The van der Waals surface area contributed by atoms with E-state index in [0.717, 1.165) is 25.9 Å². The van der Waals surface area contributed by atoms with E-state index in [2.05, 4.69) is 11.4 Å². The van der Waals surface area contributed by atoms with Crippen LogP contribution in [0.5, 0.6) is 0 Å². The summed E-state index contributed by atoms with van der Waals surface area (Å²) in [5.41, 5.74) is 0. The van der Waals surface area contributed by atoms with Gasteiger partial charge in [-0.25, -0.2) is 0 Å². The molecule has 0 aromatic carbocycles. The summed E-state index contributed by atoms with van der Waals surface area (Å²) in [5, 5.41) is 11.9. The Labute approximate surface area is 103 Å². The largest absolute Gasteiger partial charge is 0.383 e. The molecule has 0 saturated carbocycles. The van der Waals surface area contributed by atoms with Crippen molar-refractivity contribution in [3.8, 4) is 6.07 Å². The van der Waals surface area contributed by atoms with E-state index in [-0.39, 0.29) is 11.8 Å². The number of rotatable bonds is 6. The van der Waals surface area contributed by atoms with Crippen molar-refractivity contribution in [3.63, 3.8) is 0 Å². The Hall–Kier alpha value is -1.12. The maximum atomic E-state index is 12.2. The van der Waals surface area contributed by atoms with Crippen LogP contribution < -0.4 is 5.32 Å². The molecule has 1 aliphatic heterocycles. The number of hydrogen-bond acceptors (Lipinski definition) is 4. The Morgan fingerprint density at radius 1 is 1.47 bits per heavy atom. The van der Waals surface area contributed by atoms with E-state index < -0.39 is 0 Å². The first kappa shape index (κ1) is 13.9. The van der Waals surface area contributed by atoms with Crippen LogP contribution in [0.15, 0.2) is 0 Å². The fraction of sp³-hybridized carbons (Fsp3) is 0.833. The maximum Gasteiger partial charge on any atom is 0.225 e. The number of amides is 1. The molecule has 0 aromatic rings. The summed E-state index contributed by atoms with van der Waals surface area (Å²) in [7, 11) is 1.62. The van der Waals surface area contributed by atoms with Crippen molar-refractivity contribution in [2.45, 2.75) is 19.3 Å². The summed E-state index contributed by atoms with van der Waals surface area (Å²) < 4.78 is 5.00. The van der Waals surface area contributed by atoms with Gasteiger partial charge in [-0.1, -0.05) is 0 Å². The maximum absolute atomic E-state index is 12.2. The predicted molar refractivity (Wildman–Crippen MR) is 64.3 cm³/mol. The van der Waals surface area contributed by atoms with Gasteiger partial charge in [0.2, 0.25) is 5.91 Å². The number of nitrogens with one attached hydrogen (secondary N) is 1. The van der Waals surface area contributed by atoms with Crippen molar-refractivity contribution in [1.82, 2.24) is 10.2 Å². The molecule has 0 bridgehead atoms. The summed E-state index contributed by atoms with van der Waals surface area (Å²) in [6, 6.07) is 2.09. The number of methoxy groups -OCH3 is 1. The predicted octanol–water partition coefficient (Wildman–Crippen LogP) is 0.375. The van der Waals surface area contributed by atoms with Gasteiger partial charge < -0.3 is 15.0 Å². The van der Waals surface area contributed by atoms with E-state index in [1.54, 1.807) is 12.0 Å². The van der Waals surface area contributed by atoms with Crippen molar-refractivity contribution in [3.05, 3.63) is 0 Å². The van der Waals surface area contributed by atoms with Gasteiger partial charge in [0.05, 0.1) is 19.1 Å². The monoisotopic (exact) mass is 239 g/mol. The number of carbonyl (C=O) groups is 1. The summed E-state index contributed by atoms with van der Waals surface area (Å²) in [4.78, 5) is 14.0. The van der Waals surface area contributed by atoms with Gasteiger partial charge in [-0.3, -0.25) is 4.79 Å². The van der Waals surface area contributed by atoms with Gasteiger partial charge in [0.1, 0.15) is 0 Å². The highest BCUT2D eigenvalue weighted by atomic mass is 16.5. The van der Waals surface area contributed by atoms with E-state index in [4.69, 9.17) is 10.00 Å². The fourth-order valence-corrected chi connectivity index (χ4v) is 2.05. The fourth-order valence-electron chi connectivity index (χ4n) is 2.05. The minimum atomic E-state index is 0.117. The summed E-state index contributed by atoms with van der Waals surface area (Å²) >= 11 is 0. The van der Waals surface area contributed by atoms with Crippen molar-refractivity contribution in [1.29, 1.82) is 5.26 Å². The second-order valence-electron chi connectivity index (χ2n) is 4.25. The van der Waals surface area contributed by atoms with Crippen molar-refractivity contribution < 1.29 is 9.53 Å². The first-order chi connectivity index (χ1) is 8.29. The SMILES string of the molecule is COCCN(CCC#N)C(=O)C1CCNCC1. The highest BCUT2D eigenvalue weighted by Crippen LogP contribution is 2.15. The first-order valence-corrected chi connectivity index (χ1v) is 6.15. The second kappa shape index (κ2) is 8.04. The molecule has 1 amide bonds. The molecule has 5 heteroatoms. The van der Waals surface area contributed by atoms with Gasteiger partial charge in [-0.2, -0.15) is 5.26 Å². The number of ether oxygens (including phenoxy) is 1. The van der Waals surface area contributed by atoms with E-state index in [1.165, 1.54) is 0 Å². The van der Waals surface area contributed by atoms with Crippen LogP contribution in [0.2, 0.25) is 0 Å². The molecule has 1 saturated heterocycles. The zero-order valence-electron chi connectivity index (χ0n) is 10.4. The van der Waals surface area contributed by atoms with Crippen molar-refractivity contribution in [2.24, 2.45) is 5.92 Å². The third kappa shape index (κ3) is 4.72. The number of piperidine rings is 1. The van der Waals surface area contributed by atoms with Crippen LogP contribution >= 0.6 is 0 Å². The first-order valence-electron chi connectivity index (χ1n) is 6.15. The molecule has 0 aromatic heterocycles. The van der Waals surface area contributed by atoms with Crippen LogP contribution in [0.25, 0.3) is 0 Å². The van der Waals surface area contributed by atoms with Gasteiger partial charge in [-0.05, 0) is 25.9 Å². The lowest BCUT2D eigenvalue weighted by Gasteiger charge is -2.29. The molecule has 17 heavy (non-hydrogen) atoms. The average molecular weight is 239 g/mol. The Kier molecular flexibility index (Phi) is 6.60. The lowest BCUT2D eigenvalue weighted by Crippen LogP contribution is -2.42. The molecule has 1 fully saturated rings. The van der Waals surface area contributed by atoms with Crippen molar-refractivity contribution in [2.75, 3.05) is 39.9 Å². The topological polar surface area (TPSA) is 65.4 Å². The van der Waals surface area contributed by atoms with E-state index in [9.17, 15) is 4.79 Å². The van der Waals surface area contributed by atoms with Crippen LogP contribution in [0.3, 0.4) is 0 Å². The van der Waals surface area contributed by atoms with Crippen LogP contribution in [0.4, 0.5) is 0 Å².